The van der Waals surface area contributed by atoms with Crippen LogP contribution in [0.25, 0.3) is 17.0 Å². The lowest BCUT2D eigenvalue weighted by atomic mass is 10.2. The van der Waals surface area contributed by atoms with Crippen molar-refractivity contribution >= 4 is 9.84 Å². The number of hydrogen-bond donors (Lipinski definition) is 0. The van der Waals surface area contributed by atoms with Crippen LogP contribution in [0, 0.1) is 0 Å². The van der Waals surface area contributed by atoms with E-state index in [1.54, 1.807) is 13.0 Å². The third-order valence-electron chi connectivity index (χ3n) is 4.36. The van der Waals surface area contributed by atoms with E-state index in [-0.39, 0.29) is 11.6 Å². The van der Waals surface area contributed by atoms with Gasteiger partial charge in [-0.15, -0.1) is 5.10 Å². The van der Waals surface area contributed by atoms with E-state index in [0.717, 1.165) is 5.56 Å². The molecule has 0 radical (unpaired) electrons. The molecular formula is C19H17N5O3S. The summed E-state index contributed by atoms with van der Waals surface area (Å²) in [5.74, 6) is 0.497. The average molecular weight is 395 g/mol. The van der Waals surface area contributed by atoms with Crippen molar-refractivity contribution in [1.82, 2.24) is 25.4 Å². The zero-order valence-corrected chi connectivity index (χ0v) is 15.8. The number of tetrazole rings is 1. The summed E-state index contributed by atoms with van der Waals surface area (Å²) in [5.41, 5.74) is 1.86. The van der Waals surface area contributed by atoms with Crippen LogP contribution in [0.5, 0.6) is 0 Å². The quantitative estimate of drug-likeness (QED) is 0.494. The van der Waals surface area contributed by atoms with Crippen molar-refractivity contribution in [2.24, 2.45) is 0 Å². The molecule has 0 aliphatic carbocycles. The lowest BCUT2D eigenvalue weighted by molar-refractivity contribution is 0.425. The van der Waals surface area contributed by atoms with Gasteiger partial charge in [0.15, 0.2) is 21.4 Å². The molecule has 0 aliphatic rings. The van der Waals surface area contributed by atoms with Crippen molar-refractivity contribution in [2.75, 3.05) is 0 Å². The molecule has 2 aromatic carbocycles. The highest BCUT2D eigenvalue weighted by Gasteiger charge is 2.30. The Balaban J connectivity index is 1.58. The number of sulfone groups is 1. The van der Waals surface area contributed by atoms with Gasteiger partial charge in [-0.2, -0.15) is 4.68 Å². The third kappa shape index (κ3) is 3.56. The summed E-state index contributed by atoms with van der Waals surface area (Å²) in [6.07, 6.45) is 0. The van der Waals surface area contributed by atoms with Crippen LogP contribution in [0.1, 0.15) is 23.7 Å². The minimum atomic E-state index is -3.62. The molecule has 0 fully saturated rings. The van der Waals surface area contributed by atoms with Crippen molar-refractivity contribution in [3.05, 3.63) is 78.2 Å². The second kappa shape index (κ2) is 7.35. The van der Waals surface area contributed by atoms with Gasteiger partial charge in [0.1, 0.15) is 5.25 Å². The maximum atomic E-state index is 12.9. The van der Waals surface area contributed by atoms with Crippen molar-refractivity contribution < 1.29 is 12.9 Å². The molecular weight excluding hydrogens is 378 g/mol. The van der Waals surface area contributed by atoms with Gasteiger partial charge in [0, 0.05) is 11.6 Å². The largest absolute Gasteiger partial charge is 0.356 e. The Kier molecular flexibility index (Phi) is 4.74. The summed E-state index contributed by atoms with van der Waals surface area (Å²) in [4.78, 5) is 0. The normalized spacial score (nSPS) is 12.8. The Hall–Kier alpha value is -3.33. The zero-order chi connectivity index (χ0) is 19.6. The summed E-state index contributed by atoms with van der Waals surface area (Å²) in [5, 5.41) is 14.5. The number of benzene rings is 2. The molecule has 0 saturated heterocycles. The van der Waals surface area contributed by atoms with Crippen LogP contribution in [0.3, 0.4) is 0 Å². The van der Waals surface area contributed by atoms with Gasteiger partial charge in [-0.3, -0.25) is 0 Å². The Morgan fingerprint density at radius 3 is 2.43 bits per heavy atom. The fraction of sp³-hybridized carbons (Fsp3) is 0.158. The first-order valence-electron chi connectivity index (χ1n) is 8.61. The molecule has 9 heteroatoms. The molecule has 142 valence electrons. The van der Waals surface area contributed by atoms with E-state index >= 15 is 0 Å². The monoisotopic (exact) mass is 395 g/mol. The first-order chi connectivity index (χ1) is 13.5. The molecule has 0 bridgehead atoms. The average Bonchev–Trinajstić information content (AvgIpc) is 3.38. The topological polar surface area (TPSA) is 104 Å². The molecule has 28 heavy (non-hydrogen) atoms. The van der Waals surface area contributed by atoms with E-state index in [1.165, 1.54) is 4.68 Å². The molecule has 1 unspecified atom stereocenters. The van der Waals surface area contributed by atoms with Crippen LogP contribution >= 0.6 is 0 Å². The maximum absolute atomic E-state index is 12.9. The molecule has 2 aromatic heterocycles. The number of hydrogen-bond acceptors (Lipinski definition) is 7. The predicted molar refractivity (Wildman–Crippen MR) is 102 cm³/mol. The van der Waals surface area contributed by atoms with Crippen molar-refractivity contribution in [2.45, 2.75) is 17.9 Å². The summed E-state index contributed by atoms with van der Waals surface area (Å²) < 4.78 is 32.6. The van der Waals surface area contributed by atoms with Gasteiger partial charge in [-0.25, -0.2) is 8.42 Å². The van der Waals surface area contributed by atoms with E-state index in [4.69, 9.17) is 4.52 Å². The summed E-state index contributed by atoms with van der Waals surface area (Å²) in [6, 6.07) is 20.2. The van der Waals surface area contributed by atoms with Gasteiger partial charge in [0.25, 0.3) is 0 Å². The van der Waals surface area contributed by atoms with Crippen molar-refractivity contribution in [1.29, 1.82) is 0 Å². The molecule has 0 spiro atoms. The number of nitrogens with zero attached hydrogens (tertiary/aromatic N) is 5. The van der Waals surface area contributed by atoms with Gasteiger partial charge in [0.05, 0.1) is 17.1 Å². The Morgan fingerprint density at radius 2 is 1.71 bits per heavy atom. The van der Waals surface area contributed by atoms with E-state index < -0.39 is 15.1 Å². The number of aromatic nitrogens is 5. The van der Waals surface area contributed by atoms with Gasteiger partial charge in [0.2, 0.25) is 0 Å². The van der Waals surface area contributed by atoms with Crippen LogP contribution in [0.2, 0.25) is 0 Å². The highest BCUT2D eigenvalue weighted by molar-refractivity contribution is 7.90. The summed E-state index contributed by atoms with van der Waals surface area (Å²) in [6.45, 7) is 1.57. The second-order valence-corrected chi connectivity index (χ2v) is 8.60. The standard InChI is InChI=1S/C19H17N5O3S/c1-14(19-20-22-23-24(19)17-10-6-3-7-11-17)28(25,26)13-16-12-18(27-21-16)15-8-4-2-5-9-15/h2-12,14H,13H2,1H3. The van der Waals surface area contributed by atoms with Gasteiger partial charge >= 0.3 is 0 Å². The molecule has 2 heterocycles. The van der Waals surface area contributed by atoms with Crippen LogP contribution in [-0.2, 0) is 15.6 Å². The first kappa shape index (κ1) is 18.1. The molecule has 4 aromatic rings. The fourth-order valence-electron chi connectivity index (χ4n) is 2.81. The molecule has 0 amide bonds. The number of rotatable bonds is 6. The lowest BCUT2D eigenvalue weighted by Gasteiger charge is -2.11. The molecule has 1 atom stereocenters. The van der Waals surface area contributed by atoms with Gasteiger partial charge < -0.3 is 4.52 Å². The highest BCUT2D eigenvalue weighted by atomic mass is 32.2. The molecule has 0 aliphatic heterocycles. The summed E-state index contributed by atoms with van der Waals surface area (Å²) >= 11 is 0. The van der Waals surface area contributed by atoms with E-state index in [2.05, 4.69) is 20.7 Å². The minimum Gasteiger partial charge on any atom is -0.356 e. The smallest absolute Gasteiger partial charge is 0.174 e. The van der Waals surface area contributed by atoms with Gasteiger partial charge in [-0.1, -0.05) is 53.7 Å². The molecule has 4 rings (SSSR count). The van der Waals surface area contributed by atoms with E-state index in [1.807, 2.05) is 60.7 Å². The molecule has 0 saturated carbocycles. The van der Waals surface area contributed by atoms with Crippen molar-refractivity contribution in [3.63, 3.8) is 0 Å². The number of para-hydroxylation sites is 1. The second-order valence-electron chi connectivity index (χ2n) is 6.28. The van der Waals surface area contributed by atoms with Crippen molar-refractivity contribution in [3.8, 4) is 17.0 Å². The van der Waals surface area contributed by atoms with Crippen LogP contribution in [0.15, 0.2) is 71.3 Å². The minimum absolute atomic E-state index is 0.248. The predicted octanol–water partition coefficient (Wildman–Crippen LogP) is 2.99. The van der Waals surface area contributed by atoms with Crippen LogP contribution in [-0.4, -0.2) is 33.8 Å². The van der Waals surface area contributed by atoms with E-state index in [9.17, 15) is 8.42 Å². The Labute approximate surface area is 161 Å². The molecule has 0 N–H and O–H groups in total. The highest BCUT2D eigenvalue weighted by Crippen LogP contribution is 2.26. The van der Waals surface area contributed by atoms with Crippen LogP contribution in [0.4, 0.5) is 0 Å². The Morgan fingerprint density at radius 1 is 1.04 bits per heavy atom. The fourth-order valence-corrected chi connectivity index (χ4v) is 4.08. The lowest BCUT2D eigenvalue weighted by Crippen LogP contribution is -2.17. The Bertz CT molecular complexity index is 1170. The molecule has 8 nitrogen and oxygen atoms in total. The zero-order valence-electron chi connectivity index (χ0n) is 15.0. The third-order valence-corrected chi connectivity index (χ3v) is 6.35. The maximum Gasteiger partial charge on any atom is 0.174 e. The van der Waals surface area contributed by atoms with E-state index in [0.29, 0.717) is 17.1 Å². The van der Waals surface area contributed by atoms with Crippen LogP contribution < -0.4 is 0 Å². The summed E-state index contributed by atoms with van der Waals surface area (Å²) in [7, 11) is -3.62. The SMILES string of the molecule is CC(c1nnnn1-c1ccccc1)S(=O)(=O)Cc1cc(-c2ccccc2)on1. The first-order valence-corrected chi connectivity index (χ1v) is 10.3. The van der Waals surface area contributed by atoms with Gasteiger partial charge in [-0.05, 0) is 29.5 Å².